The molecule has 1 aliphatic heterocycles. The van der Waals surface area contributed by atoms with Gasteiger partial charge in [-0.15, -0.1) is 0 Å². The summed E-state index contributed by atoms with van der Waals surface area (Å²) in [7, 11) is -4.31. The van der Waals surface area contributed by atoms with Crippen LogP contribution in [0.2, 0.25) is 0 Å². The highest BCUT2D eigenvalue weighted by Gasteiger charge is 2.55. The summed E-state index contributed by atoms with van der Waals surface area (Å²) >= 11 is 0. The van der Waals surface area contributed by atoms with Gasteiger partial charge < -0.3 is 29.9 Å². The minimum Gasteiger partial charge on any atom is -0.462 e. The van der Waals surface area contributed by atoms with E-state index in [1.54, 1.807) is 39.0 Å². The van der Waals surface area contributed by atoms with Gasteiger partial charge >= 0.3 is 19.4 Å². The largest absolute Gasteiger partial charge is 0.462 e. The third kappa shape index (κ3) is 6.75. The Bertz CT molecular complexity index is 1180. The lowest BCUT2D eigenvalue weighted by Gasteiger charge is -2.32. The number of nitrogen functional groups attached to an aromatic ring is 1. The Hall–Kier alpha value is -2.80. The van der Waals surface area contributed by atoms with Gasteiger partial charge in [-0.25, -0.2) is 9.36 Å². The van der Waals surface area contributed by atoms with Crippen LogP contribution < -0.4 is 21.0 Å². The SMILES string of the molecule is CC(C)OC(=O)C(C)NP(=O)(OCC1(CO)OC(n2ccc(N)nc2=O)C(C)C1O)Oc1ccccc1. The number of rotatable bonds is 11. The van der Waals surface area contributed by atoms with Gasteiger partial charge in [-0.2, -0.15) is 10.1 Å². The topological polar surface area (TPSA) is 184 Å². The van der Waals surface area contributed by atoms with Crippen LogP contribution in [0.1, 0.15) is 33.9 Å². The van der Waals surface area contributed by atoms with E-state index in [0.29, 0.717) is 0 Å². The lowest BCUT2D eigenvalue weighted by molar-refractivity contribution is -0.150. The smallest absolute Gasteiger partial charge is 0.459 e. The van der Waals surface area contributed by atoms with Gasteiger partial charge in [0.25, 0.3) is 0 Å². The minimum atomic E-state index is -4.31. The molecule has 1 aliphatic rings. The van der Waals surface area contributed by atoms with Crippen molar-refractivity contribution in [1.82, 2.24) is 14.6 Å². The Balaban J connectivity index is 1.85. The van der Waals surface area contributed by atoms with Crippen molar-refractivity contribution >= 4 is 19.5 Å². The van der Waals surface area contributed by atoms with Crippen LogP contribution in [-0.2, 0) is 23.4 Å². The molecule has 5 N–H and O–H groups in total. The highest BCUT2D eigenvalue weighted by Crippen LogP contribution is 2.48. The summed E-state index contributed by atoms with van der Waals surface area (Å²) < 4.78 is 37.2. The van der Waals surface area contributed by atoms with Gasteiger partial charge in [-0.3, -0.25) is 13.9 Å². The van der Waals surface area contributed by atoms with Crippen LogP contribution in [-0.4, -0.2) is 62.8 Å². The molecule has 3 rings (SSSR count). The number of carbonyl (C=O) groups is 1. The molecule has 13 nitrogen and oxygen atoms in total. The lowest BCUT2D eigenvalue weighted by atomic mass is 9.92. The molecule has 14 heteroatoms. The zero-order chi connectivity index (χ0) is 27.4. The van der Waals surface area contributed by atoms with Gasteiger partial charge in [0.05, 0.1) is 25.4 Å². The van der Waals surface area contributed by atoms with Crippen LogP contribution in [0.15, 0.2) is 47.4 Å². The number of hydrogen-bond donors (Lipinski definition) is 4. The van der Waals surface area contributed by atoms with Gasteiger partial charge in [0.2, 0.25) is 0 Å². The predicted molar refractivity (Wildman–Crippen MR) is 132 cm³/mol. The van der Waals surface area contributed by atoms with Crippen molar-refractivity contribution in [3.8, 4) is 5.75 Å². The van der Waals surface area contributed by atoms with Gasteiger partial charge in [0.1, 0.15) is 29.4 Å². The number of ether oxygens (including phenoxy) is 2. The van der Waals surface area contributed by atoms with Crippen LogP contribution in [0, 0.1) is 5.92 Å². The van der Waals surface area contributed by atoms with Crippen LogP contribution in [0.25, 0.3) is 0 Å². The average molecular weight is 541 g/mol. The average Bonchev–Trinajstić information content (AvgIpc) is 3.08. The highest BCUT2D eigenvalue weighted by atomic mass is 31.2. The number of para-hydroxylation sites is 1. The molecule has 1 saturated heterocycles. The molecule has 6 atom stereocenters. The lowest BCUT2D eigenvalue weighted by Crippen LogP contribution is -2.49. The molecule has 0 saturated carbocycles. The quantitative estimate of drug-likeness (QED) is 0.236. The monoisotopic (exact) mass is 540 g/mol. The van der Waals surface area contributed by atoms with Crippen molar-refractivity contribution in [2.24, 2.45) is 5.92 Å². The molecule has 37 heavy (non-hydrogen) atoms. The molecule has 1 aromatic carbocycles. The number of nitrogens with two attached hydrogens (primary N) is 1. The van der Waals surface area contributed by atoms with E-state index in [2.05, 4.69) is 10.1 Å². The number of aliphatic hydroxyl groups excluding tert-OH is 2. The first-order valence-corrected chi connectivity index (χ1v) is 13.2. The number of nitrogens with zero attached hydrogens (tertiary/aromatic N) is 2. The second-order valence-electron chi connectivity index (χ2n) is 9.09. The van der Waals surface area contributed by atoms with Crippen molar-refractivity contribution in [1.29, 1.82) is 0 Å². The molecule has 0 amide bonds. The number of esters is 1. The Labute approximate surface area is 214 Å². The number of nitrogens with one attached hydrogen (secondary N) is 1. The summed E-state index contributed by atoms with van der Waals surface area (Å²) in [5.41, 5.74) is 3.05. The number of anilines is 1. The van der Waals surface area contributed by atoms with E-state index in [1.165, 1.54) is 31.3 Å². The second kappa shape index (κ2) is 11.7. The van der Waals surface area contributed by atoms with E-state index < -0.39 is 68.6 Å². The summed E-state index contributed by atoms with van der Waals surface area (Å²) in [5, 5.41) is 23.8. The maximum Gasteiger partial charge on any atom is 0.459 e. The fourth-order valence-electron chi connectivity index (χ4n) is 3.81. The van der Waals surface area contributed by atoms with E-state index in [1.807, 2.05) is 0 Å². The summed E-state index contributed by atoms with van der Waals surface area (Å²) in [4.78, 5) is 28.4. The normalized spacial score (nSPS) is 26.0. The van der Waals surface area contributed by atoms with Crippen molar-refractivity contribution in [3.63, 3.8) is 0 Å². The molecule has 6 unspecified atom stereocenters. The van der Waals surface area contributed by atoms with E-state index in [0.717, 1.165) is 4.57 Å². The Morgan fingerprint density at radius 2 is 1.97 bits per heavy atom. The van der Waals surface area contributed by atoms with Crippen molar-refractivity contribution < 1.29 is 38.1 Å². The highest BCUT2D eigenvalue weighted by molar-refractivity contribution is 7.52. The van der Waals surface area contributed by atoms with Crippen LogP contribution in [0.5, 0.6) is 5.75 Å². The molecule has 2 aromatic rings. The summed E-state index contributed by atoms with van der Waals surface area (Å²) in [5.74, 6) is -1.20. The van der Waals surface area contributed by atoms with E-state index in [9.17, 15) is 24.4 Å². The molecule has 0 bridgehead atoms. The first-order chi connectivity index (χ1) is 17.4. The number of benzene rings is 1. The molecule has 204 valence electrons. The second-order valence-corrected chi connectivity index (χ2v) is 10.8. The van der Waals surface area contributed by atoms with E-state index in [4.69, 9.17) is 24.3 Å². The third-order valence-corrected chi connectivity index (χ3v) is 7.36. The van der Waals surface area contributed by atoms with Gasteiger partial charge in [0.15, 0.2) is 0 Å². The molecular formula is C23H33N4O9P. The molecule has 1 fully saturated rings. The molecule has 0 radical (unpaired) electrons. The first kappa shape index (κ1) is 28.8. The fourth-order valence-corrected chi connectivity index (χ4v) is 5.35. The molecule has 0 spiro atoms. The maximum atomic E-state index is 13.8. The van der Waals surface area contributed by atoms with Crippen LogP contribution in [0.4, 0.5) is 5.82 Å². The van der Waals surface area contributed by atoms with Crippen molar-refractivity contribution in [3.05, 3.63) is 53.1 Å². The van der Waals surface area contributed by atoms with Crippen LogP contribution in [0.3, 0.4) is 0 Å². The van der Waals surface area contributed by atoms with Crippen molar-refractivity contribution in [2.45, 2.75) is 57.8 Å². The number of aromatic nitrogens is 2. The van der Waals surface area contributed by atoms with Crippen molar-refractivity contribution in [2.75, 3.05) is 18.9 Å². The summed E-state index contributed by atoms with van der Waals surface area (Å²) in [6.45, 7) is 5.01. The standard InChI is InChI=1S/C23H33N4O9P/c1-14(2)34-21(30)16(4)26-37(32,36-17-8-6-5-7-9-17)33-13-23(12-28)19(29)15(3)20(35-23)27-11-10-18(24)25-22(27)31/h5-11,14-16,19-20,28-29H,12-13H2,1-4H3,(H,26,32)(H2,24,25,31). The van der Waals surface area contributed by atoms with E-state index >= 15 is 0 Å². The number of aliphatic hydroxyl groups is 2. The first-order valence-electron chi connectivity index (χ1n) is 11.7. The Morgan fingerprint density at radius 1 is 1.30 bits per heavy atom. The predicted octanol–water partition coefficient (Wildman–Crippen LogP) is 1.22. The van der Waals surface area contributed by atoms with Crippen LogP contribution >= 0.6 is 7.75 Å². The van der Waals surface area contributed by atoms with Gasteiger partial charge in [0, 0.05) is 12.1 Å². The summed E-state index contributed by atoms with van der Waals surface area (Å²) in [6.07, 6.45) is -1.43. The third-order valence-electron chi connectivity index (χ3n) is 5.74. The zero-order valence-corrected chi connectivity index (χ0v) is 21.9. The number of carbonyl (C=O) groups excluding carboxylic acids is 1. The van der Waals surface area contributed by atoms with Gasteiger partial charge in [-0.1, -0.05) is 25.1 Å². The molecular weight excluding hydrogens is 507 g/mol. The summed E-state index contributed by atoms with van der Waals surface area (Å²) in [6, 6.07) is 8.41. The maximum absolute atomic E-state index is 13.8. The Kier molecular flexibility index (Phi) is 9.11. The zero-order valence-electron chi connectivity index (χ0n) is 21.0. The molecule has 0 aliphatic carbocycles. The van der Waals surface area contributed by atoms with Gasteiger partial charge in [-0.05, 0) is 39.0 Å². The number of hydrogen-bond acceptors (Lipinski definition) is 11. The Morgan fingerprint density at radius 3 is 2.57 bits per heavy atom. The minimum absolute atomic E-state index is 0.0133. The fraction of sp³-hybridized carbons (Fsp3) is 0.522. The van der Waals surface area contributed by atoms with E-state index in [-0.39, 0.29) is 11.6 Å². The molecule has 1 aromatic heterocycles. The molecule has 2 heterocycles.